The Bertz CT molecular complexity index is 370. The first-order valence-corrected chi connectivity index (χ1v) is 7.03. The first-order valence-electron chi connectivity index (χ1n) is 7.03. The molecule has 0 spiro atoms. The summed E-state index contributed by atoms with van der Waals surface area (Å²) in [6.45, 7) is 11.0. The largest absolute Gasteiger partial charge is 0.369 e. The number of anilines is 1. The van der Waals surface area contributed by atoms with Gasteiger partial charge in [-0.2, -0.15) is 0 Å². The van der Waals surface area contributed by atoms with Gasteiger partial charge in [0.05, 0.1) is 11.9 Å². The van der Waals surface area contributed by atoms with Crippen LogP contribution in [0.25, 0.3) is 0 Å². The maximum absolute atomic E-state index is 4.55. The van der Waals surface area contributed by atoms with Crippen LogP contribution in [0.5, 0.6) is 0 Å². The minimum absolute atomic E-state index is 0.507. The molecule has 1 atom stereocenters. The molecule has 3 nitrogen and oxygen atoms in total. The lowest BCUT2D eigenvalue weighted by atomic mass is 10.1. The molecule has 1 aliphatic heterocycles. The van der Waals surface area contributed by atoms with Gasteiger partial charge in [0.2, 0.25) is 0 Å². The van der Waals surface area contributed by atoms with Gasteiger partial charge in [-0.05, 0) is 24.5 Å². The quantitative estimate of drug-likeness (QED) is 0.887. The zero-order valence-electron chi connectivity index (χ0n) is 12.0. The van der Waals surface area contributed by atoms with Gasteiger partial charge in [0.15, 0.2) is 0 Å². The first kappa shape index (κ1) is 13.3. The van der Waals surface area contributed by atoms with Gasteiger partial charge in [-0.3, -0.25) is 4.98 Å². The molecular weight excluding hydrogens is 222 g/mol. The van der Waals surface area contributed by atoms with Gasteiger partial charge in [-0.15, -0.1) is 0 Å². The van der Waals surface area contributed by atoms with Crippen molar-refractivity contribution in [3.63, 3.8) is 0 Å². The molecule has 1 saturated heterocycles. The number of rotatable bonds is 4. The molecule has 0 aliphatic carbocycles. The monoisotopic (exact) mass is 247 g/mol. The fourth-order valence-corrected chi connectivity index (χ4v) is 2.53. The molecule has 0 radical (unpaired) electrons. The molecule has 18 heavy (non-hydrogen) atoms. The normalized spacial score (nSPS) is 20.1. The second-order valence-electron chi connectivity index (χ2n) is 5.85. The van der Waals surface area contributed by atoms with Crippen LogP contribution in [0.15, 0.2) is 18.3 Å². The predicted octanol–water partition coefficient (Wildman–Crippen LogP) is 2.78. The molecule has 0 amide bonds. The number of nitrogens with zero attached hydrogens (tertiary/aromatic N) is 2. The van der Waals surface area contributed by atoms with Gasteiger partial charge in [0, 0.05) is 30.9 Å². The van der Waals surface area contributed by atoms with Crippen LogP contribution in [0.4, 0.5) is 5.69 Å². The summed E-state index contributed by atoms with van der Waals surface area (Å²) < 4.78 is 0. The maximum atomic E-state index is 4.55. The minimum Gasteiger partial charge on any atom is -0.369 e. The molecule has 2 heterocycles. The van der Waals surface area contributed by atoms with Crippen LogP contribution in [0.2, 0.25) is 0 Å². The molecule has 2 rings (SSSR count). The smallest absolute Gasteiger partial charge is 0.0553 e. The van der Waals surface area contributed by atoms with E-state index >= 15 is 0 Å². The lowest BCUT2D eigenvalue weighted by Gasteiger charge is -2.20. The van der Waals surface area contributed by atoms with Crippen LogP contribution in [-0.4, -0.2) is 30.2 Å². The van der Waals surface area contributed by atoms with Crippen LogP contribution >= 0.6 is 0 Å². The van der Waals surface area contributed by atoms with Gasteiger partial charge in [0.25, 0.3) is 0 Å². The van der Waals surface area contributed by atoms with Crippen molar-refractivity contribution >= 4 is 5.69 Å². The Morgan fingerprint density at radius 2 is 2.06 bits per heavy atom. The van der Waals surface area contributed by atoms with Crippen molar-refractivity contribution in [2.75, 3.05) is 18.0 Å². The molecule has 3 heteroatoms. The zero-order chi connectivity index (χ0) is 13.1. The van der Waals surface area contributed by atoms with E-state index in [1.807, 2.05) is 6.20 Å². The Kier molecular flexibility index (Phi) is 4.23. The van der Waals surface area contributed by atoms with Crippen LogP contribution in [0.1, 0.15) is 45.7 Å². The molecule has 0 saturated carbocycles. The van der Waals surface area contributed by atoms with E-state index in [1.54, 1.807) is 0 Å². The van der Waals surface area contributed by atoms with Gasteiger partial charge >= 0.3 is 0 Å². The highest BCUT2D eigenvalue weighted by Crippen LogP contribution is 2.21. The second kappa shape index (κ2) is 5.70. The van der Waals surface area contributed by atoms with Crippen LogP contribution in [0.3, 0.4) is 0 Å². The van der Waals surface area contributed by atoms with Crippen molar-refractivity contribution in [2.24, 2.45) is 0 Å². The molecule has 0 bridgehead atoms. The Morgan fingerprint density at radius 3 is 2.61 bits per heavy atom. The second-order valence-corrected chi connectivity index (χ2v) is 5.85. The number of pyridine rings is 1. The van der Waals surface area contributed by atoms with Crippen molar-refractivity contribution in [1.82, 2.24) is 10.3 Å². The van der Waals surface area contributed by atoms with E-state index in [0.29, 0.717) is 18.0 Å². The molecule has 1 aromatic heterocycles. The van der Waals surface area contributed by atoms with Crippen molar-refractivity contribution in [3.05, 3.63) is 24.0 Å². The third kappa shape index (κ3) is 3.22. The van der Waals surface area contributed by atoms with Crippen molar-refractivity contribution in [3.8, 4) is 0 Å². The van der Waals surface area contributed by atoms with E-state index < -0.39 is 0 Å². The van der Waals surface area contributed by atoms with Crippen molar-refractivity contribution in [2.45, 2.75) is 52.1 Å². The third-order valence-corrected chi connectivity index (χ3v) is 3.48. The average Bonchev–Trinajstić information content (AvgIpc) is 2.76. The minimum atomic E-state index is 0.507. The zero-order valence-corrected chi connectivity index (χ0v) is 12.0. The molecule has 1 aromatic rings. The van der Waals surface area contributed by atoms with Crippen molar-refractivity contribution < 1.29 is 0 Å². The fourth-order valence-electron chi connectivity index (χ4n) is 2.53. The van der Waals surface area contributed by atoms with E-state index in [4.69, 9.17) is 0 Å². The summed E-state index contributed by atoms with van der Waals surface area (Å²) in [4.78, 5) is 6.97. The van der Waals surface area contributed by atoms with E-state index in [1.165, 1.54) is 17.8 Å². The Balaban J connectivity index is 1.96. The van der Waals surface area contributed by atoms with Gasteiger partial charge in [-0.25, -0.2) is 0 Å². The summed E-state index contributed by atoms with van der Waals surface area (Å²) in [7, 11) is 0. The summed E-state index contributed by atoms with van der Waals surface area (Å²) in [5.74, 6) is 0.507. The molecule has 1 unspecified atom stereocenters. The lowest BCUT2D eigenvalue weighted by Crippen LogP contribution is -2.37. The third-order valence-electron chi connectivity index (χ3n) is 3.48. The van der Waals surface area contributed by atoms with Crippen LogP contribution in [0, 0.1) is 0 Å². The summed E-state index contributed by atoms with van der Waals surface area (Å²) in [5.41, 5.74) is 2.43. The highest BCUT2D eigenvalue weighted by Gasteiger charge is 2.23. The van der Waals surface area contributed by atoms with E-state index in [0.717, 1.165) is 13.1 Å². The molecule has 100 valence electrons. The number of aromatic nitrogens is 1. The van der Waals surface area contributed by atoms with Gasteiger partial charge < -0.3 is 10.2 Å². The van der Waals surface area contributed by atoms with E-state index in [9.17, 15) is 0 Å². The highest BCUT2D eigenvalue weighted by molar-refractivity contribution is 5.46. The Hall–Kier alpha value is -1.09. The van der Waals surface area contributed by atoms with Gasteiger partial charge in [0.1, 0.15) is 0 Å². The van der Waals surface area contributed by atoms with E-state index in [2.05, 4.69) is 55.0 Å². The first-order chi connectivity index (χ1) is 8.56. The van der Waals surface area contributed by atoms with Gasteiger partial charge in [-0.1, -0.05) is 27.7 Å². The summed E-state index contributed by atoms with van der Waals surface area (Å²) >= 11 is 0. The number of nitrogens with one attached hydrogen (secondary N) is 1. The molecule has 1 fully saturated rings. The molecule has 1 N–H and O–H groups in total. The standard InChI is InChI=1S/C15H25N3/c1-11(2)15-6-5-14(9-16-15)18-8-7-13(10-18)17-12(3)4/h5-6,9,11-13,17H,7-8,10H2,1-4H3. The number of hydrogen-bond acceptors (Lipinski definition) is 3. The fraction of sp³-hybridized carbons (Fsp3) is 0.667. The highest BCUT2D eigenvalue weighted by atomic mass is 15.2. The average molecular weight is 247 g/mol. The van der Waals surface area contributed by atoms with Crippen LogP contribution < -0.4 is 10.2 Å². The van der Waals surface area contributed by atoms with Crippen molar-refractivity contribution in [1.29, 1.82) is 0 Å². The predicted molar refractivity (Wildman–Crippen MR) is 77.2 cm³/mol. The lowest BCUT2D eigenvalue weighted by molar-refractivity contribution is 0.492. The summed E-state index contributed by atoms with van der Waals surface area (Å²) in [5, 5.41) is 3.61. The topological polar surface area (TPSA) is 28.2 Å². The Morgan fingerprint density at radius 1 is 1.28 bits per heavy atom. The maximum Gasteiger partial charge on any atom is 0.0553 e. The number of hydrogen-bond donors (Lipinski definition) is 1. The Labute approximate surface area is 111 Å². The SMILES string of the molecule is CC(C)NC1CCN(c2ccc(C(C)C)nc2)C1. The van der Waals surface area contributed by atoms with E-state index in [-0.39, 0.29) is 0 Å². The van der Waals surface area contributed by atoms with Crippen LogP contribution in [-0.2, 0) is 0 Å². The molecule has 0 aromatic carbocycles. The molecular formula is C15H25N3. The molecule has 1 aliphatic rings. The summed E-state index contributed by atoms with van der Waals surface area (Å²) in [6, 6.07) is 5.55. The summed E-state index contributed by atoms with van der Waals surface area (Å²) in [6.07, 6.45) is 3.25.